The van der Waals surface area contributed by atoms with Gasteiger partial charge in [-0.05, 0) is 37.1 Å². The Hall–Kier alpha value is -2.29. The normalized spacial score (nSPS) is 11.6. The van der Waals surface area contributed by atoms with Gasteiger partial charge in [0.1, 0.15) is 5.75 Å². The van der Waals surface area contributed by atoms with Crippen molar-refractivity contribution in [3.05, 3.63) is 64.4 Å². The van der Waals surface area contributed by atoms with E-state index in [-0.39, 0.29) is 5.75 Å². The number of nitrogens with zero attached hydrogens (tertiary/aromatic N) is 1. The minimum Gasteiger partial charge on any atom is -0.618 e. The van der Waals surface area contributed by atoms with E-state index in [1.165, 1.54) is 6.21 Å². The van der Waals surface area contributed by atoms with Crippen LogP contribution in [0.3, 0.4) is 0 Å². The van der Waals surface area contributed by atoms with Crippen molar-refractivity contribution in [3.8, 4) is 5.75 Å². The zero-order valence-electron chi connectivity index (χ0n) is 10.4. The van der Waals surface area contributed by atoms with Crippen molar-refractivity contribution >= 4 is 11.9 Å². The predicted molar refractivity (Wildman–Crippen MR) is 72.5 cm³/mol. The van der Waals surface area contributed by atoms with Gasteiger partial charge >= 0.3 is 0 Å². The lowest BCUT2D eigenvalue weighted by Crippen LogP contribution is -1.99. The number of benzene rings is 2. The van der Waals surface area contributed by atoms with E-state index in [4.69, 9.17) is 0 Å². The van der Waals surface area contributed by atoms with Crippen LogP contribution in [0.1, 0.15) is 16.7 Å². The van der Waals surface area contributed by atoms with Crippen LogP contribution < -0.4 is 0 Å². The number of hydrogen-bond acceptors (Lipinski definition) is 2. The molecule has 2 aromatic carbocycles. The molecule has 0 aliphatic rings. The molecule has 0 amide bonds. The Balaban J connectivity index is 2.40. The van der Waals surface area contributed by atoms with E-state index in [9.17, 15) is 10.3 Å². The summed E-state index contributed by atoms with van der Waals surface area (Å²) < 4.78 is 0.814. The monoisotopic (exact) mass is 241 g/mol. The molecule has 0 saturated heterocycles. The summed E-state index contributed by atoms with van der Waals surface area (Å²) in [6, 6.07) is 12.8. The fraction of sp³-hybridized carbons (Fsp3) is 0.133. The molecule has 0 radical (unpaired) electrons. The molecule has 1 N–H and O–H groups in total. The number of phenols is 1. The van der Waals surface area contributed by atoms with E-state index >= 15 is 0 Å². The second-order valence-electron chi connectivity index (χ2n) is 4.29. The summed E-state index contributed by atoms with van der Waals surface area (Å²) in [7, 11) is 0. The molecule has 0 bridgehead atoms. The van der Waals surface area contributed by atoms with Crippen LogP contribution in [0.25, 0.3) is 0 Å². The first-order valence-electron chi connectivity index (χ1n) is 5.74. The van der Waals surface area contributed by atoms with Crippen LogP contribution >= 0.6 is 0 Å². The number of phenolic OH excluding ortho intramolecular Hbond substituents is 1. The standard InChI is InChI=1S/C15H15NO2/c1-11-8-14(9-12(2)15(11)17)16(18)10-13-6-4-3-5-7-13/h3-10,17H,1-2H3/b16-10+. The molecule has 3 heteroatoms. The first-order chi connectivity index (χ1) is 8.58. The quantitative estimate of drug-likeness (QED) is 0.379. The van der Waals surface area contributed by atoms with Crippen molar-refractivity contribution < 1.29 is 9.85 Å². The molecule has 0 unspecified atom stereocenters. The van der Waals surface area contributed by atoms with E-state index in [1.807, 2.05) is 30.3 Å². The first-order valence-corrected chi connectivity index (χ1v) is 5.74. The molecule has 0 aliphatic heterocycles. The average molecular weight is 241 g/mol. The van der Waals surface area contributed by atoms with E-state index < -0.39 is 0 Å². The summed E-state index contributed by atoms with van der Waals surface area (Å²) in [6.07, 6.45) is 1.52. The third-order valence-electron chi connectivity index (χ3n) is 2.80. The Morgan fingerprint density at radius 1 is 1.06 bits per heavy atom. The fourth-order valence-electron chi connectivity index (χ4n) is 1.81. The second kappa shape index (κ2) is 4.92. The van der Waals surface area contributed by atoms with E-state index in [0.29, 0.717) is 16.8 Å². The Morgan fingerprint density at radius 3 is 2.17 bits per heavy atom. The Bertz CT molecular complexity index is 566. The van der Waals surface area contributed by atoms with Gasteiger partial charge in [0, 0.05) is 17.7 Å². The van der Waals surface area contributed by atoms with Crippen LogP contribution in [0, 0.1) is 19.1 Å². The molecule has 0 fully saturated rings. The molecule has 0 atom stereocenters. The summed E-state index contributed by atoms with van der Waals surface area (Å²) in [5.74, 6) is 0.242. The minimum absolute atomic E-state index is 0.242. The van der Waals surface area contributed by atoms with Crippen LogP contribution in [0.5, 0.6) is 5.75 Å². The second-order valence-corrected chi connectivity index (χ2v) is 4.29. The molecule has 0 heterocycles. The summed E-state index contributed by atoms with van der Waals surface area (Å²) in [5, 5.41) is 21.7. The molecule has 2 rings (SSSR count). The van der Waals surface area contributed by atoms with Crippen LogP contribution in [-0.4, -0.2) is 16.1 Å². The fourth-order valence-corrected chi connectivity index (χ4v) is 1.81. The van der Waals surface area contributed by atoms with Crippen molar-refractivity contribution in [2.75, 3.05) is 0 Å². The molecule has 0 aliphatic carbocycles. The number of aromatic hydroxyl groups is 1. The first kappa shape index (κ1) is 12.2. The molecule has 2 aromatic rings. The number of rotatable bonds is 2. The SMILES string of the molecule is Cc1cc(/[N+]([O-])=C\c2ccccc2)cc(C)c1O. The third kappa shape index (κ3) is 2.51. The van der Waals surface area contributed by atoms with Gasteiger partial charge in [0.15, 0.2) is 6.21 Å². The van der Waals surface area contributed by atoms with Crippen molar-refractivity contribution in [3.63, 3.8) is 0 Å². The van der Waals surface area contributed by atoms with Crippen molar-refractivity contribution in [1.29, 1.82) is 0 Å². The van der Waals surface area contributed by atoms with Crippen LogP contribution in [-0.2, 0) is 0 Å². The number of aryl methyl sites for hydroxylation is 2. The largest absolute Gasteiger partial charge is 0.618 e. The lowest BCUT2D eigenvalue weighted by molar-refractivity contribution is -0.354. The van der Waals surface area contributed by atoms with E-state index in [1.54, 1.807) is 26.0 Å². The van der Waals surface area contributed by atoms with Crippen molar-refractivity contribution in [2.45, 2.75) is 13.8 Å². The Morgan fingerprint density at radius 2 is 1.61 bits per heavy atom. The predicted octanol–water partition coefficient (Wildman–Crippen LogP) is 3.27. The molecule has 92 valence electrons. The zero-order chi connectivity index (χ0) is 13.1. The Labute approximate surface area is 106 Å². The van der Waals surface area contributed by atoms with Gasteiger partial charge in [0.2, 0.25) is 5.69 Å². The molecule has 0 spiro atoms. The van der Waals surface area contributed by atoms with Gasteiger partial charge < -0.3 is 10.3 Å². The smallest absolute Gasteiger partial charge is 0.217 e. The summed E-state index contributed by atoms with van der Waals surface area (Å²) in [5.41, 5.74) is 2.77. The highest BCUT2D eigenvalue weighted by Crippen LogP contribution is 2.26. The van der Waals surface area contributed by atoms with Crippen molar-refractivity contribution in [1.82, 2.24) is 0 Å². The maximum Gasteiger partial charge on any atom is 0.217 e. The van der Waals surface area contributed by atoms with Gasteiger partial charge in [-0.15, -0.1) is 0 Å². The van der Waals surface area contributed by atoms with Crippen LogP contribution in [0.4, 0.5) is 5.69 Å². The topological polar surface area (TPSA) is 46.3 Å². The molecule has 18 heavy (non-hydrogen) atoms. The maximum atomic E-state index is 12.0. The zero-order valence-corrected chi connectivity index (χ0v) is 10.4. The van der Waals surface area contributed by atoms with Crippen molar-refractivity contribution in [2.24, 2.45) is 0 Å². The third-order valence-corrected chi connectivity index (χ3v) is 2.80. The Kier molecular flexibility index (Phi) is 3.33. The molecular weight excluding hydrogens is 226 g/mol. The van der Waals surface area contributed by atoms with Gasteiger partial charge in [0.05, 0.1) is 0 Å². The lowest BCUT2D eigenvalue weighted by atomic mass is 10.1. The highest BCUT2D eigenvalue weighted by molar-refractivity contribution is 5.76. The molecule has 0 aromatic heterocycles. The highest BCUT2D eigenvalue weighted by atomic mass is 16.5. The highest BCUT2D eigenvalue weighted by Gasteiger charge is 2.08. The van der Waals surface area contributed by atoms with Gasteiger partial charge in [-0.25, -0.2) is 0 Å². The van der Waals surface area contributed by atoms with Gasteiger partial charge in [-0.1, -0.05) is 18.2 Å². The van der Waals surface area contributed by atoms with E-state index in [0.717, 1.165) is 10.3 Å². The maximum absolute atomic E-state index is 12.0. The summed E-state index contributed by atoms with van der Waals surface area (Å²) in [6.45, 7) is 3.56. The molecular formula is C15H15NO2. The summed E-state index contributed by atoms with van der Waals surface area (Å²) >= 11 is 0. The minimum atomic E-state index is 0.242. The van der Waals surface area contributed by atoms with Crippen LogP contribution in [0.2, 0.25) is 0 Å². The van der Waals surface area contributed by atoms with Crippen LogP contribution in [0.15, 0.2) is 42.5 Å². The summed E-state index contributed by atoms with van der Waals surface area (Å²) in [4.78, 5) is 0. The lowest BCUT2D eigenvalue weighted by Gasteiger charge is -2.07. The molecule has 0 saturated carbocycles. The van der Waals surface area contributed by atoms with Gasteiger partial charge in [-0.3, -0.25) is 0 Å². The number of hydrogen-bond donors (Lipinski definition) is 1. The van der Waals surface area contributed by atoms with Gasteiger partial charge in [0.25, 0.3) is 0 Å². The van der Waals surface area contributed by atoms with Gasteiger partial charge in [-0.2, -0.15) is 4.74 Å². The van der Waals surface area contributed by atoms with E-state index in [2.05, 4.69) is 0 Å². The average Bonchev–Trinajstić information content (AvgIpc) is 2.36. The molecule has 3 nitrogen and oxygen atoms in total.